The number of aromatic nitrogens is 2. The smallest absolute Gasteiger partial charge is 0.144 e. The van der Waals surface area contributed by atoms with Crippen LogP contribution in [0.3, 0.4) is 0 Å². The number of benzene rings is 2. The molecule has 0 aliphatic carbocycles. The molecule has 3 N–H and O–H groups in total. The highest BCUT2D eigenvalue weighted by Gasteiger charge is 2.10. The summed E-state index contributed by atoms with van der Waals surface area (Å²) >= 11 is 0. The van der Waals surface area contributed by atoms with Crippen LogP contribution < -0.4 is 10.9 Å². The fourth-order valence-electron chi connectivity index (χ4n) is 3.01. The Morgan fingerprint density at radius 3 is 2.60 bits per heavy atom. The van der Waals surface area contributed by atoms with Crippen LogP contribution in [0.15, 0.2) is 66.2 Å². The number of hydrogen-bond acceptors (Lipinski definition) is 5. The summed E-state index contributed by atoms with van der Waals surface area (Å²) in [5.74, 6) is 0.859. The molecule has 0 spiro atoms. The van der Waals surface area contributed by atoms with Gasteiger partial charge in [0.25, 0.3) is 0 Å². The molecule has 0 amide bonds. The molecule has 25 heavy (non-hydrogen) atoms. The lowest BCUT2D eigenvalue weighted by Gasteiger charge is -2.13. The van der Waals surface area contributed by atoms with E-state index in [-0.39, 0.29) is 6.61 Å². The number of aliphatic hydroxyl groups excluding tert-OH is 1. The van der Waals surface area contributed by atoms with E-state index < -0.39 is 0 Å². The summed E-state index contributed by atoms with van der Waals surface area (Å²) in [5, 5.41) is 9.45. The van der Waals surface area contributed by atoms with Gasteiger partial charge in [-0.3, -0.25) is 0 Å². The van der Waals surface area contributed by atoms with Gasteiger partial charge in [-0.05, 0) is 35.2 Å². The van der Waals surface area contributed by atoms with Crippen molar-refractivity contribution >= 4 is 5.84 Å². The Hall–Kier alpha value is -2.96. The lowest BCUT2D eigenvalue weighted by Crippen LogP contribution is -2.30. The van der Waals surface area contributed by atoms with Crippen molar-refractivity contribution in [3.63, 3.8) is 0 Å². The van der Waals surface area contributed by atoms with E-state index in [1.165, 1.54) is 0 Å². The Bertz CT molecular complexity index is 885. The zero-order valence-corrected chi connectivity index (χ0v) is 13.7. The Morgan fingerprint density at radius 2 is 1.92 bits per heavy atom. The molecular formula is C19H19N5O. The summed E-state index contributed by atoms with van der Waals surface area (Å²) in [7, 11) is 0. The molecule has 1 aromatic heterocycles. The largest absolute Gasteiger partial charge is 0.396 e. The molecule has 0 radical (unpaired) electrons. The maximum Gasteiger partial charge on any atom is 0.144 e. The maximum absolute atomic E-state index is 9.45. The van der Waals surface area contributed by atoms with Gasteiger partial charge < -0.3 is 15.1 Å². The average Bonchev–Trinajstić information content (AvgIpc) is 3.36. The first-order valence-corrected chi connectivity index (χ1v) is 8.21. The van der Waals surface area contributed by atoms with Crippen LogP contribution >= 0.6 is 0 Å². The van der Waals surface area contributed by atoms with Gasteiger partial charge in [0.2, 0.25) is 0 Å². The molecule has 0 saturated heterocycles. The van der Waals surface area contributed by atoms with E-state index in [0.717, 1.165) is 33.8 Å². The van der Waals surface area contributed by atoms with Crippen molar-refractivity contribution in [2.45, 2.75) is 6.42 Å². The maximum atomic E-state index is 9.45. The molecule has 4 rings (SSSR count). The Balaban J connectivity index is 1.69. The van der Waals surface area contributed by atoms with E-state index in [9.17, 15) is 5.11 Å². The van der Waals surface area contributed by atoms with Gasteiger partial charge in [0.05, 0.1) is 6.33 Å². The number of aliphatic imine (C=N–C) groups is 1. The van der Waals surface area contributed by atoms with E-state index in [0.29, 0.717) is 13.1 Å². The van der Waals surface area contributed by atoms with Gasteiger partial charge in [0.1, 0.15) is 12.5 Å². The minimum absolute atomic E-state index is 0.116. The quantitative estimate of drug-likeness (QED) is 0.666. The minimum Gasteiger partial charge on any atom is -0.396 e. The molecule has 0 unspecified atom stereocenters. The molecule has 1 aliphatic rings. The summed E-state index contributed by atoms with van der Waals surface area (Å²) in [6.45, 7) is 0.707. The number of nitrogens with one attached hydrogen (secondary N) is 2. The molecule has 0 fully saturated rings. The van der Waals surface area contributed by atoms with E-state index in [4.69, 9.17) is 0 Å². The molecule has 0 atom stereocenters. The first-order chi connectivity index (χ1) is 12.3. The number of imidazole rings is 1. The first kappa shape index (κ1) is 15.6. The summed E-state index contributed by atoms with van der Waals surface area (Å²) in [6.07, 6.45) is 6.05. The van der Waals surface area contributed by atoms with E-state index in [1.54, 1.807) is 12.5 Å². The summed E-state index contributed by atoms with van der Waals surface area (Å²) < 4.78 is 1.96. The van der Waals surface area contributed by atoms with Crippen molar-refractivity contribution in [1.29, 1.82) is 0 Å². The monoisotopic (exact) mass is 333 g/mol. The molecule has 126 valence electrons. The Kier molecular flexibility index (Phi) is 4.28. The third-order valence-electron chi connectivity index (χ3n) is 4.26. The second-order valence-corrected chi connectivity index (χ2v) is 5.83. The fraction of sp³-hybridized carbons (Fsp3) is 0.158. The predicted molar refractivity (Wildman–Crippen MR) is 97.5 cm³/mol. The van der Waals surface area contributed by atoms with E-state index >= 15 is 0 Å². The second kappa shape index (κ2) is 6.88. The molecule has 0 bridgehead atoms. The third kappa shape index (κ3) is 3.17. The van der Waals surface area contributed by atoms with Crippen molar-refractivity contribution in [3.8, 4) is 16.8 Å². The molecule has 2 aromatic carbocycles. The number of aliphatic hydroxyl groups is 1. The Morgan fingerprint density at radius 1 is 1.08 bits per heavy atom. The molecule has 1 aliphatic heterocycles. The molecule has 2 heterocycles. The predicted octanol–water partition coefficient (Wildman–Crippen LogP) is 1.89. The SMILES string of the molecule is OCCc1cc(-n2ccnc2)ccc1-c1ccc(C2=NCNN2)cc1. The van der Waals surface area contributed by atoms with Gasteiger partial charge in [-0.15, -0.1) is 0 Å². The van der Waals surface area contributed by atoms with Crippen molar-refractivity contribution in [1.82, 2.24) is 20.4 Å². The van der Waals surface area contributed by atoms with Crippen LogP contribution in [0, 0.1) is 0 Å². The number of hydrazine groups is 1. The number of nitrogens with zero attached hydrogens (tertiary/aromatic N) is 3. The van der Waals surface area contributed by atoms with Crippen molar-refractivity contribution < 1.29 is 5.11 Å². The third-order valence-corrected chi connectivity index (χ3v) is 4.26. The molecule has 6 heteroatoms. The standard InChI is InChI=1S/C19H19N5O/c25-10-7-16-11-17(24-9-8-20-13-24)5-6-18(16)14-1-3-15(4-2-14)19-21-12-22-23-19/h1-6,8-9,11,13,22,25H,7,10,12H2,(H,21,23). The summed E-state index contributed by atoms with van der Waals surface area (Å²) in [6, 6.07) is 14.6. The van der Waals surface area contributed by atoms with Crippen molar-refractivity contribution in [2.75, 3.05) is 13.3 Å². The topological polar surface area (TPSA) is 74.5 Å². The van der Waals surface area contributed by atoms with Crippen LogP contribution in [0.25, 0.3) is 16.8 Å². The highest BCUT2D eigenvalue weighted by Crippen LogP contribution is 2.27. The van der Waals surface area contributed by atoms with Gasteiger partial charge in [0.15, 0.2) is 0 Å². The highest BCUT2D eigenvalue weighted by molar-refractivity contribution is 5.99. The van der Waals surface area contributed by atoms with Crippen LogP contribution in [0.4, 0.5) is 0 Å². The van der Waals surface area contributed by atoms with Gasteiger partial charge >= 0.3 is 0 Å². The van der Waals surface area contributed by atoms with Gasteiger partial charge in [0, 0.05) is 30.3 Å². The van der Waals surface area contributed by atoms with Crippen LogP contribution in [0.2, 0.25) is 0 Å². The van der Waals surface area contributed by atoms with Gasteiger partial charge in [-0.1, -0.05) is 30.3 Å². The summed E-state index contributed by atoms with van der Waals surface area (Å²) in [5.41, 5.74) is 11.5. The van der Waals surface area contributed by atoms with Crippen LogP contribution in [-0.2, 0) is 6.42 Å². The molecular weight excluding hydrogens is 314 g/mol. The van der Waals surface area contributed by atoms with Gasteiger partial charge in [-0.25, -0.2) is 15.4 Å². The lowest BCUT2D eigenvalue weighted by molar-refractivity contribution is 0.300. The van der Waals surface area contributed by atoms with E-state index in [1.807, 2.05) is 10.8 Å². The van der Waals surface area contributed by atoms with Crippen molar-refractivity contribution in [3.05, 3.63) is 72.3 Å². The molecule has 6 nitrogen and oxygen atoms in total. The van der Waals surface area contributed by atoms with Crippen molar-refractivity contribution in [2.24, 2.45) is 4.99 Å². The molecule has 3 aromatic rings. The second-order valence-electron chi connectivity index (χ2n) is 5.83. The highest BCUT2D eigenvalue weighted by atomic mass is 16.2. The lowest BCUT2D eigenvalue weighted by atomic mass is 9.96. The number of hydrogen-bond donors (Lipinski definition) is 3. The number of amidine groups is 1. The van der Waals surface area contributed by atoms with Crippen LogP contribution in [0.1, 0.15) is 11.1 Å². The molecule has 0 saturated carbocycles. The Labute approximate surface area is 145 Å². The zero-order valence-electron chi connectivity index (χ0n) is 13.7. The number of rotatable bonds is 5. The van der Waals surface area contributed by atoms with Crippen LogP contribution in [-0.4, -0.2) is 33.8 Å². The van der Waals surface area contributed by atoms with Gasteiger partial charge in [-0.2, -0.15) is 0 Å². The zero-order chi connectivity index (χ0) is 17.1. The minimum atomic E-state index is 0.116. The average molecular weight is 333 g/mol. The summed E-state index contributed by atoms with van der Waals surface area (Å²) in [4.78, 5) is 8.44. The van der Waals surface area contributed by atoms with Crippen LogP contribution in [0.5, 0.6) is 0 Å². The first-order valence-electron chi connectivity index (χ1n) is 8.21. The fourth-order valence-corrected chi connectivity index (χ4v) is 3.01. The van der Waals surface area contributed by atoms with E-state index in [2.05, 4.69) is 63.3 Å². The normalized spacial score (nSPS) is 13.6.